The van der Waals surface area contributed by atoms with Crippen molar-refractivity contribution >= 4 is 15.9 Å². The van der Waals surface area contributed by atoms with Crippen LogP contribution in [0.4, 0.5) is 0 Å². The Morgan fingerprint density at radius 1 is 1.50 bits per heavy atom. The van der Waals surface area contributed by atoms with E-state index in [0.29, 0.717) is 6.04 Å². The fraction of sp³-hybridized carbons (Fsp3) is 0.455. The number of halogens is 1. The monoisotopic (exact) mass is 255 g/mol. The van der Waals surface area contributed by atoms with Gasteiger partial charge in [0.25, 0.3) is 0 Å². The Hall–Kier alpha value is -0.380. The average Bonchev–Trinajstić information content (AvgIpc) is 2.39. The zero-order valence-electron chi connectivity index (χ0n) is 8.22. The molecule has 0 bridgehead atoms. The molecule has 0 spiro atoms. The van der Waals surface area contributed by atoms with E-state index >= 15 is 0 Å². The van der Waals surface area contributed by atoms with Crippen LogP contribution in [0.3, 0.4) is 0 Å². The summed E-state index contributed by atoms with van der Waals surface area (Å²) in [6.45, 7) is 1.59. The lowest BCUT2D eigenvalue weighted by molar-refractivity contribution is 0.123. The second-order valence-corrected chi connectivity index (χ2v) is 4.42. The molecule has 1 unspecified atom stereocenters. The fourth-order valence-electron chi connectivity index (χ4n) is 1.83. The highest BCUT2D eigenvalue weighted by atomic mass is 79.9. The summed E-state index contributed by atoms with van der Waals surface area (Å²) < 4.78 is 6.68. The number of fused-ring (bicyclic) bond motifs is 1. The van der Waals surface area contributed by atoms with Crippen molar-refractivity contribution in [3.8, 4) is 0 Å². The molecule has 1 aromatic carbocycles. The predicted molar refractivity (Wildman–Crippen MR) is 60.5 cm³/mol. The minimum absolute atomic E-state index is 0.324. The van der Waals surface area contributed by atoms with E-state index in [4.69, 9.17) is 4.74 Å². The van der Waals surface area contributed by atoms with Crippen molar-refractivity contribution in [2.75, 3.05) is 20.3 Å². The lowest BCUT2D eigenvalue weighted by Gasteiger charge is -2.16. The third-order valence-corrected chi connectivity index (χ3v) is 3.13. The third kappa shape index (κ3) is 2.00. The van der Waals surface area contributed by atoms with Gasteiger partial charge in [-0.25, -0.2) is 0 Å². The number of likely N-dealkylation sites (N-methyl/N-ethyl adjacent to an activating group) is 1. The first-order valence-electron chi connectivity index (χ1n) is 4.84. The first-order chi connectivity index (χ1) is 6.81. The van der Waals surface area contributed by atoms with E-state index in [1.165, 1.54) is 11.1 Å². The molecule has 1 atom stereocenters. The van der Waals surface area contributed by atoms with Crippen LogP contribution in [0.5, 0.6) is 0 Å². The molecule has 0 radical (unpaired) electrons. The van der Waals surface area contributed by atoms with Crippen molar-refractivity contribution in [1.82, 2.24) is 5.32 Å². The molecule has 0 fully saturated rings. The Morgan fingerprint density at radius 2 is 2.36 bits per heavy atom. The van der Waals surface area contributed by atoms with Crippen LogP contribution < -0.4 is 5.32 Å². The van der Waals surface area contributed by atoms with Crippen molar-refractivity contribution in [2.24, 2.45) is 0 Å². The Labute approximate surface area is 92.8 Å². The molecular weight excluding hydrogens is 242 g/mol. The van der Waals surface area contributed by atoms with Gasteiger partial charge < -0.3 is 10.1 Å². The maximum atomic E-state index is 5.54. The first kappa shape index (κ1) is 10.1. The standard InChI is InChI=1S/C11H14BrNO/c1-13-11-7-14-5-4-8-2-3-9(12)6-10(8)11/h2-3,6,11,13H,4-5,7H2,1H3. The van der Waals surface area contributed by atoms with Gasteiger partial charge in [-0.05, 0) is 36.7 Å². The quantitative estimate of drug-likeness (QED) is 0.832. The van der Waals surface area contributed by atoms with E-state index in [1.54, 1.807) is 0 Å². The van der Waals surface area contributed by atoms with E-state index < -0.39 is 0 Å². The van der Waals surface area contributed by atoms with Crippen molar-refractivity contribution in [3.63, 3.8) is 0 Å². The highest BCUT2D eigenvalue weighted by Crippen LogP contribution is 2.25. The number of benzene rings is 1. The number of nitrogens with one attached hydrogen (secondary N) is 1. The molecule has 14 heavy (non-hydrogen) atoms. The zero-order valence-corrected chi connectivity index (χ0v) is 9.80. The van der Waals surface area contributed by atoms with Gasteiger partial charge in [0.15, 0.2) is 0 Å². The summed E-state index contributed by atoms with van der Waals surface area (Å²) >= 11 is 3.50. The van der Waals surface area contributed by atoms with Crippen LogP contribution >= 0.6 is 15.9 Å². The van der Waals surface area contributed by atoms with Crippen molar-refractivity contribution in [1.29, 1.82) is 0 Å². The minimum Gasteiger partial charge on any atom is -0.379 e. The van der Waals surface area contributed by atoms with Gasteiger partial charge in [-0.3, -0.25) is 0 Å². The van der Waals surface area contributed by atoms with Crippen LogP contribution in [0.1, 0.15) is 17.2 Å². The van der Waals surface area contributed by atoms with E-state index in [2.05, 4.69) is 39.4 Å². The Morgan fingerprint density at radius 3 is 3.14 bits per heavy atom. The molecule has 0 saturated carbocycles. The highest BCUT2D eigenvalue weighted by molar-refractivity contribution is 9.10. The third-order valence-electron chi connectivity index (χ3n) is 2.63. The van der Waals surface area contributed by atoms with Crippen LogP contribution in [-0.2, 0) is 11.2 Å². The molecule has 2 nitrogen and oxygen atoms in total. The molecule has 2 rings (SSSR count). The molecule has 0 aliphatic carbocycles. The second kappa shape index (κ2) is 4.43. The summed E-state index contributed by atoms with van der Waals surface area (Å²) in [6, 6.07) is 6.78. The summed E-state index contributed by atoms with van der Waals surface area (Å²) in [6.07, 6.45) is 1.01. The number of hydrogen-bond donors (Lipinski definition) is 1. The lowest BCUT2D eigenvalue weighted by atomic mass is 10.00. The fourth-order valence-corrected chi connectivity index (χ4v) is 2.21. The predicted octanol–water partition coefficient (Wildman–Crippen LogP) is 2.28. The highest BCUT2D eigenvalue weighted by Gasteiger charge is 2.17. The molecule has 0 amide bonds. The number of ether oxygens (including phenoxy) is 1. The van der Waals surface area contributed by atoms with E-state index in [9.17, 15) is 0 Å². The maximum Gasteiger partial charge on any atom is 0.0661 e. The second-order valence-electron chi connectivity index (χ2n) is 3.51. The Balaban J connectivity index is 2.40. The van der Waals surface area contributed by atoms with Crippen LogP contribution in [0, 0.1) is 0 Å². The van der Waals surface area contributed by atoms with Gasteiger partial charge in [0.2, 0.25) is 0 Å². The molecule has 0 aromatic heterocycles. The van der Waals surface area contributed by atoms with Crippen LogP contribution in [0.25, 0.3) is 0 Å². The van der Waals surface area contributed by atoms with Crippen LogP contribution in [0.15, 0.2) is 22.7 Å². The summed E-state index contributed by atoms with van der Waals surface area (Å²) in [5, 5.41) is 3.28. The topological polar surface area (TPSA) is 21.3 Å². The molecular formula is C11H14BrNO. The number of hydrogen-bond acceptors (Lipinski definition) is 2. The summed E-state index contributed by atoms with van der Waals surface area (Å²) in [4.78, 5) is 0. The molecule has 1 aromatic rings. The van der Waals surface area contributed by atoms with Crippen LogP contribution in [-0.4, -0.2) is 20.3 Å². The van der Waals surface area contributed by atoms with Gasteiger partial charge in [-0.2, -0.15) is 0 Å². The summed E-state index contributed by atoms with van der Waals surface area (Å²) in [5.41, 5.74) is 2.75. The van der Waals surface area contributed by atoms with Crippen molar-refractivity contribution < 1.29 is 4.74 Å². The zero-order chi connectivity index (χ0) is 9.97. The molecule has 1 heterocycles. The molecule has 3 heteroatoms. The molecule has 76 valence electrons. The molecule has 1 N–H and O–H groups in total. The van der Waals surface area contributed by atoms with Gasteiger partial charge in [0.1, 0.15) is 0 Å². The maximum absolute atomic E-state index is 5.54. The Bertz CT molecular complexity index is 327. The molecule has 1 aliphatic rings. The van der Waals surface area contributed by atoms with Gasteiger partial charge in [-0.1, -0.05) is 22.0 Å². The van der Waals surface area contributed by atoms with Crippen LogP contribution in [0.2, 0.25) is 0 Å². The average molecular weight is 256 g/mol. The minimum atomic E-state index is 0.324. The summed E-state index contributed by atoms with van der Waals surface area (Å²) in [5.74, 6) is 0. The smallest absolute Gasteiger partial charge is 0.0661 e. The van der Waals surface area contributed by atoms with Gasteiger partial charge in [0.05, 0.1) is 19.3 Å². The van der Waals surface area contributed by atoms with Gasteiger partial charge in [-0.15, -0.1) is 0 Å². The largest absolute Gasteiger partial charge is 0.379 e. The lowest BCUT2D eigenvalue weighted by Crippen LogP contribution is -2.21. The van der Waals surface area contributed by atoms with Crippen molar-refractivity contribution in [2.45, 2.75) is 12.5 Å². The van der Waals surface area contributed by atoms with E-state index in [-0.39, 0.29) is 0 Å². The summed E-state index contributed by atoms with van der Waals surface area (Å²) in [7, 11) is 1.98. The molecule has 0 saturated heterocycles. The Kier molecular flexibility index (Phi) is 3.21. The molecule has 1 aliphatic heterocycles. The van der Waals surface area contributed by atoms with Crippen molar-refractivity contribution in [3.05, 3.63) is 33.8 Å². The number of rotatable bonds is 1. The van der Waals surface area contributed by atoms with Gasteiger partial charge >= 0.3 is 0 Å². The SMILES string of the molecule is CNC1COCCc2ccc(Br)cc21. The van der Waals surface area contributed by atoms with E-state index in [1.807, 2.05) is 7.05 Å². The van der Waals surface area contributed by atoms with E-state index in [0.717, 1.165) is 24.1 Å². The first-order valence-corrected chi connectivity index (χ1v) is 5.64. The normalized spacial score (nSPS) is 21.4. The van der Waals surface area contributed by atoms with Gasteiger partial charge in [0, 0.05) is 4.47 Å².